The van der Waals surface area contributed by atoms with Crippen molar-refractivity contribution in [3.63, 3.8) is 0 Å². The number of fused-ring (bicyclic) bond motifs is 1. The van der Waals surface area contributed by atoms with E-state index in [-0.39, 0.29) is 11.7 Å². The number of amides is 1. The highest BCUT2D eigenvalue weighted by molar-refractivity contribution is 6.31. The van der Waals surface area contributed by atoms with Crippen molar-refractivity contribution in [3.8, 4) is 0 Å². The first-order chi connectivity index (χ1) is 13.0. The highest BCUT2D eigenvalue weighted by Gasteiger charge is 2.24. The van der Waals surface area contributed by atoms with Crippen LogP contribution < -0.4 is 5.32 Å². The molecule has 1 amide bonds. The van der Waals surface area contributed by atoms with Gasteiger partial charge in [0.2, 0.25) is 0 Å². The number of benzene rings is 2. The molecule has 2 aromatic rings. The van der Waals surface area contributed by atoms with Crippen LogP contribution in [0.5, 0.6) is 0 Å². The van der Waals surface area contributed by atoms with Gasteiger partial charge in [0.15, 0.2) is 0 Å². The molecule has 0 spiro atoms. The second-order valence-corrected chi connectivity index (χ2v) is 6.78. The SMILES string of the molecule is C\C=C(/C=C(/C=C1/C(=O)Nc2ccc(F)cc21)CCC)c1cccc(C)c1. The van der Waals surface area contributed by atoms with Gasteiger partial charge in [0, 0.05) is 16.8 Å². The van der Waals surface area contributed by atoms with E-state index in [0.29, 0.717) is 16.8 Å². The summed E-state index contributed by atoms with van der Waals surface area (Å²) in [7, 11) is 0. The summed E-state index contributed by atoms with van der Waals surface area (Å²) in [5.41, 5.74) is 6.31. The zero-order valence-electron chi connectivity index (χ0n) is 16.0. The number of rotatable bonds is 5. The molecule has 0 fully saturated rings. The van der Waals surface area contributed by atoms with Gasteiger partial charge < -0.3 is 5.32 Å². The molecule has 0 saturated carbocycles. The van der Waals surface area contributed by atoms with E-state index >= 15 is 0 Å². The van der Waals surface area contributed by atoms with Crippen LogP contribution in [0.15, 0.2) is 66.3 Å². The lowest BCUT2D eigenvalue weighted by molar-refractivity contribution is -0.110. The topological polar surface area (TPSA) is 29.1 Å². The van der Waals surface area contributed by atoms with Crippen LogP contribution in [0.1, 0.15) is 43.4 Å². The monoisotopic (exact) mass is 361 g/mol. The molecule has 1 aliphatic heterocycles. The summed E-state index contributed by atoms with van der Waals surface area (Å²) in [6.45, 7) is 6.19. The van der Waals surface area contributed by atoms with Gasteiger partial charge in [-0.05, 0) is 61.3 Å². The van der Waals surface area contributed by atoms with E-state index in [2.05, 4.69) is 49.5 Å². The third-order valence-electron chi connectivity index (χ3n) is 4.64. The molecule has 138 valence electrons. The molecule has 1 N–H and O–H groups in total. The summed E-state index contributed by atoms with van der Waals surface area (Å²) >= 11 is 0. The van der Waals surface area contributed by atoms with Crippen molar-refractivity contribution < 1.29 is 9.18 Å². The molecule has 1 heterocycles. The van der Waals surface area contributed by atoms with Crippen LogP contribution in [0.3, 0.4) is 0 Å². The number of hydrogen-bond acceptors (Lipinski definition) is 1. The molecule has 0 bridgehead atoms. The third-order valence-corrected chi connectivity index (χ3v) is 4.64. The van der Waals surface area contributed by atoms with Gasteiger partial charge in [0.05, 0.1) is 0 Å². The summed E-state index contributed by atoms with van der Waals surface area (Å²) in [5.74, 6) is -0.527. The Morgan fingerprint density at radius 3 is 2.70 bits per heavy atom. The lowest BCUT2D eigenvalue weighted by Crippen LogP contribution is -2.04. The van der Waals surface area contributed by atoms with Crippen molar-refractivity contribution in [2.75, 3.05) is 5.32 Å². The molecule has 0 unspecified atom stereocenters. The molecule has 0 atom stereocenters. The van der Waals surface area contributed by atoms with Gasteiger partial charge in [0.1, 0.15) is 5.82 Å². The molecule has 2 aromatic carbocycles. The normalized spacial score (nSPS) is 15.9. The maximum absolute atomic E-state index is 13.7. The minimum absolute atomic E-state index is 0.185. The number of carbonyl (C=O) groups is 1. The van der Waals surface area contributed by atoms with Crippen molar-refractivity contribution in [2.45, 2.75) is 33.6 Å². The van der Waals surface area contributed by atoms with Crippen LogP contribution in [0.4, 0.5) is 10.1 Å². The predicted molar refractivity (Wildman–Crippen MR) is 111 cm³/mol. The Morgan fingerprint density at radius 1 is 1.19 bits per heavy atom. The molecule has 0 radical (unpaired) electrons. The number of nitrogens with one attached hydrogen (secondary N) is 1. The first-order valence-corrected chi connectivity index (χ1v) is 9.28. The van der Waals surface area contributed by atoms with Crippen molar-refractivity contribution in [1.29, 1.82) is 0 Å². The molecule has 3 heteroatoms. The van der Waals surface area contributed by atoms with E-state index in [1.165, 1.54) is 17.7 Å². The lowest BCUT2D eigenvalue weighted by Gasteiger charge is -2.08. The summed E-state index contributed by atoms with van der Waals surface area (Å²) in [4.78, 5) is 12.4. The molecule has 0 aliphatic carbocycles. The molecular formula is C24H24FNO. The number of carbonyl (C=O) groups excluding carboxylic acids is 1. The second-order valence-electron chi connectivity index (χ2n) is 6.78. The number of halogens is 1. The quantitative estimate of drug-likeness (QED) is 0.491. The molecular weight excluding hydrogens is 337 g/mol. The fraction of sp³-hybridized carbons (Fsp3) is 0.208. The van der Waals surface area contributed by atoms with Gasteiger partial charge in [-0.25, -0.2) is 4.39 Å². The van der Waals surface area contributed by atoms with E-state index in [9.17, 15) is 9.18 Å². The molecule has 0 aromatic heterocycles. The lowest BCUT2D eigenvalue weighted by atomic mass is 9.96. The van der Waals surface area contributed by atoms with E-state index in [1.807, 2.05) is 19.1 Å². The van der Waals surface area contributed by atoms with Crippen molar-refractivity contribution in [3.05, 3.63) is 88.8 Å². The maximum Gasteiger partial charge on any atom is 0.256 e. The first kappa shape index (κ1) is 18.8. The molecule has 0 saturated heterocycles. The standard InChI is InChI=1S/C24H24FNO/c1-4-7-17(13-18(5-2)19-9-6-8-16(3)12-19)14-22-21-15-20(25)10-11-23(21)26-24(22)27/h5-6,8-15H,4,7H2,1-3H3,(H,26,27)/b17-13+,18-5+,22-14+. The summed E-state index contributed by atoms with van der Waals surface area (Å²) in [5, 5.41) is 2.81. The molecule has 2 nitrogen and oxygen atoms in total. The van der Waals surface area contributed by atoms with E-state index in [0.717, 1.165) is 29.6 Å². The Labute approximate surface area is 160 Å². The smallest absolute Gasteiger partial charge is 0.256 e. The van der Waals surface area contributed by atoms with Crippen LogP contribution in [0.2, 0.25) is 0 Å². The second kappa shape index (κ2) is 8.17. The highest BCUT2D eigenvalue weighted by atomic mass is 19.1. The van der Waals surface area contributed by atoms with Gasteiger partial charge in [-0.1, -0.05) is 55.3 Å². The van der Waals surface area contributed by atoms with Gasteiger partial charge in [0.25, 0.3) is 5.91 Å². The van der Waals surface area contributed by atoms with E-state index in [1.54, 1.807) is 6.07 Å². The van der Waals surface area contributed by atoms with Crippen LogP contribution in [0, 0.1) is 12.7 Å². The van der Waals surface area contributed by atoms with Crippen LogP contribution in [-0.2, 0) is 4.79 Å². The summed E-state index contributed by atoms with van der Waals surface area (Å²) in [6, 6.07) is 12.7. The average molecular weight is 361 g/mol. The van der Waals surface area contributed by atoms with Crippen LogP contribution >= 0.6 is 0 Å². The predicted octanol–water partition coefficient (Wildman–Crippen LogP) is 6.30. The highest BCUT2D eigenvalue weighted by Crippen LogP contribution is 2.34. The Kier molecular flexibility index (Phi) is 5.70. The Hall–Kier alpha value is -2.94. The number of anilines is 1. The third kappa shape index (κ3) is 4.25. The molecule has 3 rings (SSSR count). The number of allylic oxidation sites excluding steroid dienone is 5. The van der Waals surface area contributed by atoms with E-state index in [4.69, 9.17) is 0 Å². The van der Waals surface area contributed by atoms with Crippen molar-refractivity contribution in [2.24, 2.45) is 0 Å². The zero-order valence-corrected chi connectivity index (χ0v) is 16.0. The largest absolute Gasteiger partial charge is 0.321 e. The fourth-order valence-electron chi connectivity index (χ4n) is 3.32. The Balaban J connectivity index is 2.03. The summed E-state index contributed by atoms with van der Waals surface area (Å²) in [6.07, 6.45) is 7.88. The minimum Gasteiger partial charge on any atom is -0.321 e. The zero-order chi connectivity index (χ0) is 19.4. The van der Waals surface area contributed by atoms with Crippen LogP contribution in [-0.4, -0.2) is 5.91 Å². The van der Waals surface area contributed by atoms with Gasteiger partial charge in [-0.2, -0.15) is 0 Å². The summed E-state index contributed by atoms with van der Waals surface area (Å²) < 4.78 is 13.7. The molecule has 27 heavy (non-hydrogen) atoms. The van der Waals surface area contributed by atoms with Gasteiger partial charge in [-0.15, -0.1) is 0 Å². The van der Waals surface area contributed by atoms with Crippen LogP contribution in [0.25, 0.3) is 11.1 Å². The Bertz CT molecular complexity index is 966. The van der Waals surface area contributed by atoms with E-state index < -0.39 is 0 Å². The number of aryl methyl sites for hydroxylation is 1. The fourth-order valence-corrected chi connectivity index (χ4v) is 3.32. The maximum atomic E-state index is 13.7. The first-order valence-electron chi connectivity index (χ1n) is 9.28. The van der Waals surface area contributed by atoms with Gasteiger partial charge in [-0.3, -0.25) is 4.79 Å². The minimum atomic E-state index is -0.342. The molecule has 1 aliphatic rings. The Morgan fingerprint density at radius 2 is 2.00 bits per heavy atom. The van der Waals surface area contributed by atoms with Crippen molar-refractivity contribution in [1.82, 2.24) is 0 Å². The number of hydrogen-bond donors (Lipinski definition) is 1. The van der Waals surface area contributed by atoms with Gasteiger partial charge >= 0.3 is 0 Å². The van der Waals surface area contributed by atoms with Crippen molar-refractivity contribution >= 4 is 22.7 Å². The average Bonchev–Trinajstić information content (AvgIpc) is 2.94.